The minimum absolute atomic E-state index is 0.411. The summed E-state index contributed by atoms with van der Waals surface area (Å²) in [5.41, 5.74) is 7.80. The summed E-state index contributed by atoms with van der Waals surface area (Å²) in [6.07, 6.45) is 1.61. The summed E-state index contributed by atoms with van der Waals surface area (Å²) in [6, 6.07) is 7.95. The van der Waals surface area contributed by atoms with E-state index in [2.05, 4.69) is 10.2 Å². The Bertz CT molecular complexity index is 419. The van der Waals surface area contributed by atoms with Gasteiger partial charge in [0.2, 0.25) is 5.95 Å². The Morgan fingerprint density at radius 2 is 2.08 bits per heavy atom. The third-order valence-corrected chi connectivity index (χ3v) is 1.95. The van der Waals surface area contributed by atoms with E-state index in [0.29, 0.717) is 5.95 Å². The van der Waals surface area contributed by atoms with Gasteiger partial charge in [-0.3, -0.25) is 4.57 Å². The summed E-state index contributed by atoms with van der Waals surface area (Å²) in [6.45, 7) is 2.02. The van der Waals surface area contributed by atoms with Gasteiger partial charge in [-0.2, -0.15) is 0 Å². The Balaban J connectivity index is 2.59. The number of anilines is 1. The van der Waals surface area contributed by atoms with E-state index in [-0.39, 0.29) is 0 Å². The lowest BCUT2D eigenvalue weighted by Crippen LogP contribution is -2.00. The number of aryl methyl sites for hydroxylation is 1. The fraction of sp³-hybridized carbons (Fsp3) is 0.111. The van der Waals surface area contributed by atoms with Gasteiger partial charge in [0, 0.05) is 0 Å². The fourth-order valence-electron chi connectivity index (χ4n) is 1.26. The second-order valence-corrected chi connectivity index (χ2v) is 2.85. The third kappa shape index (κ3) is 1.26. The first-order chi connectivity index (χ1) is 6.29. The molecule has 2 aromatic rings. The maximum absolute atomic E-state index is 5.63. The first-order valence-electron chi connectivity index (χ1n) is 4.00. The maximum Gasteiger partial charge on any atom is 0.226 e. The van der Waals surface area contributed by atoms with Gasteiger partial charge in [-0.15, -0.1) is 10.2 Å². The molecule has 4 nitrogen and oxygen atoms in total. The van der Waals surface area contributed by atoms with Crippen molar-refractivity contribution in [1.82, 2.24) is 14.8 Å². The van der Waals surface area contributed by atoms with E-state index in [1.54, 1.807) is 10.9 Å². The van der Waals surface area contributed by atoms with E-state index in [1.807, 2.05) is 31.2 Å². The molecule has 0 unspecified atom stereocenters. The minimum Gasteiger partial charge on any atom is -0.368 e. The van der Waals surface area contributed by atoms with Crippen LogP contribution in [0.5, 0.6) is 0 Å². The summed E-state index contributed by atoms with van der Waals surface area (Å²) in [5, 5.41) is 7.45. The first kappa shape index (κ1) is 7.79. The molecule has 0 aliphatic rings. The van der Waals surface area contributed by atoms with Gasteiger partial charge in [-0.05, 0) is 18.6 Å². The molecule has 2 N–H and O–H groups in total. The number of nitrogen functional groups attached to an aromatic ring is 1. The molecule has 0 spiro atoms. The number of rotatable bonds is 1. The molecule has 0 bridgehead atoms. The van der Waals surface area contributed by atoms with Gasteiger partial charge in [0.1, 0.15) is 6.33 Å². The van der Waals surface area contributed by atoms with Crippen molar-refractivity contribution in [3.05, 3.63) is 36.2 Å². The molecule has 1 aromatic heterocycles. The number of para-hydroxylation sites is 1. The molecular formula is C9H10N4. The van der Waals surface area contributed by atoms with Gasteiger partial charge in [-0.1, -0.05) is 18.2 Å². The Morgan fingerprint density at radius 1 is 1.31 bits per heavy atom. The lowest BCUT2D eigenvalue weighted by atomic mass is 10.2. The number of hydrogen-bond acceptors (Lipinski definition) is 3. The predicted octanol–water partition coefficient (Wildman–Crippen LogP) is 1.16. The third-order valence-electron chi connectivity index (χ3n) is 1.95. The highest BCUT2D eigenvalue weighted by Crippen LogP contribution is 2.14. The van der Waals surface area contributed by atoms with Crippen molar-refractivity contribution in [1.29, 1.82) is 0 Å². The van der Waals surface area contributed by atoms with Crippen LogP contribution < -0.4 is 5.73 Å². The van der Waals surface area contributed by atoms with Crippen molar-refractivity contribution < 1.29 is 0 Å². The van der Waals surface area contributed by atoms with E-state index >= 15 is 0 Å². The molecule has 0 saturated carbocycles. The van der Waals surface area contributed by atoms with Crippen LogP contribution >= 0.6 is 0 Å². The number of nitrogens with two attached hydrogens (primary N) is 1. The summed E-state index contributed by atoms with van der Waals surface area (Å²) in [7, 11) is 0. The molecule has 0 amide bonds. The normalized spacial score (nSPS) is 10.2. The van der Waals surface area contributed by atoms with Gasteiger partial charge in [0.15, 0.2) is 0 Å². The summed E-state index contributed by atoms with van der Waals surface area (Å²) in [5.74, 6) is 0.411. The summed E-state index contributed by atoms with van der Waals surface area (Å²) < 4.78 is 1.76. The number of nitrogens with zero attached hydrogens (tertiary/aromatic N) is 3. The van der Waals surface area contributed by atoms with Crippen LogP contribution in [0.15, 0.2) is 30.6 Å². The van der Waals surface area contributed by atoms with Crippen LogP contribution in [0.2, 0.25) is 0 Å². The van der Waals surface area contributed by atoms with Crippen molar-refractivity contribution in [2.75, 3.05) is 5.73 Å². The predicted molar refractivity (Wildman–Crippen MR) is 50.5 cm³/mol. The monoisotopic (exact) mass is 174 g/mol. The number of benzene rings is 1. The molecule has 0 saturated heterocycles. The quantitative estimate of drug-likeness (QED) is 0.705. The van der Waals surface area contributed by atoms with Crippen LogP contribution in [0.25, 0.3) is 5.69 Å². The van der Waals surface area contributed by atoms with E-state index in [1.165, 1.54) is 0 Å². The van der Waals surface area contributed by atoms with Crippen LogP contribution in [-0.4, -0.2) is 14.8 Å². The van der Waals surface area contributed by atoms with Gasteiger partial charge < -0.3 is 5.73 Å². The van der Waals surface area contributed by atoms with Crippen LogP contribution in [-0.2, 0) is 0 Å². The molecule has 4 heteroatoms. The molecule has 2 rings (SSSR count). The van der Waals surface area contributed by atoms with E-state index in [9.17, 15) is 0 Å². The second kappa shape index (κ2) is 2.90. The van der Waals surface area contributed by atoms with Crippen molar-refractivity contribution in [3.63, 3.8) is 0 Å². The number of aromatic nitrogens is 3. The van der Waals surface area contributed by atoms with Crippen LogP contribution in [0.3, 0.4) is 0 Å². The van der Waals surface area contributed by atoms with Gasteiger partial charge in [-0.25, -0.2) is 0 Å². The van der Waals surface area contributed by atoms with Crippen molar-refractivity contribution >= 4 is 5.95 Å². The lowest BCUT2D eigenvalue weighted by molar-refractivity contribution is 1.05. The zero-order valence-electron chi connectivity index (χ0n) is 7.31. The van der Waals surface area contributed by atoms with Crippen molar-refractivity contribution in [2.24, 2.45) is 0 Å². The molecule has 1 aromatic carbocycles. The van der Waals surface area contributed by atoms with E-state index < -0.39 is 0 Å². The van der Waals surface area contributed by atoms with Gasteiger partial charge >= 0.3 is 0 Å². The standard InChI is InChI=1S/C9H10N4/c1-7-4-2-3-5-8(7)13-6-11-12-9(13)10/h2-6H,1H3,(H2,10,12). The molecule has 0 fully saturated rings. The summed E-state index contributed by atoms with van der Waals surface area (Å²) in [4.78, 5) is 0. The Kier molecular flexibility index (Phi) is 1.73. The molecule has 66 valence electrons. The highest BCUT2D eigenvalue weighted by molar-refractivity contribution is 5.43. The molecule has 13 heavy (non-hydrogen) atoms. The molecule has 0 aliphatic carbocycles. The number of hydrogen-bond donors (Lipinski definition) is 1. The fourth-order valence-corrected chi connectivity index (χ4v) is 1.26. The average Bonchev–Trinajstić information content (AvgIpc) is 2.52. The van der Waals surface area contributed by atoms with Crippen molar-refractivity contribution in [2.45, 2.75) is 6.92 Å². The molecule has 0 atom stereocenters. The highest BCUT2D eigenvalue weighted by Gasteiger charge is 2.03. The van der Waals surface area contributed by atoms with Gasteiger partial charge in [0.05, 0.1) is 5.69 Å². The second-order valence-electron chi connectivity index (χ2n) is 2.85. The smallest absolute Gasteiger partial charge is 0.226 e. The molecule has 1 heterocycles. The average molecular weight is 174 g/mol. The highest BCUT2D eigenvalue weighted by atomic mass is 15.3. The molecular weight excluding hydrogens is 164 g/mol. The largest absolute Gasteiger partial charge is 0.368 e. The topological polar surface area (TPSA) is 56.7 Å². The van der Waals surface area contributed by atoms with E-state index in [4.69, 9.17) is 5.73 Å². The van der Waals surface area contributed by atoms with E-state index in [0.717, 1.165) is 11.3 Å². The first-order valence-corrected chi connectivity index (χ1v) is 4.00. The zero-order valence-corrected chi connectivity index (χ0v) is 7.31. The van der Waals surface area contributed by atoms with Gasteiger partial charge in [0.25, 0.3) is 0 Å². The minimum atomic E-state index is 0.411. The SMILES string of the molecule is Cc1ccccc1-n1cnnc1N. The van der Waals surface area contributed by atoms with Crippen LogP contribution in [0.1, 0.15) is 5.56 Å². The summed E-state index contributed by atoms with van der Waals surface area (Å²) >= 11 is 0. The lowest BCUT2D eigenvalue weighted by Gasteiger charge is -2.05. The molecule has 0 radical (unpaired) electrons. The molecule has 0 aliphatic heterocycles. The Hall–Kier alpha value is -1.84. The van der Waals surface area contributed by atoms with Crippen molar-refractivity contribution in [3.8, 4) is 5.69 Å². The van der Waals surface area contributed by atoms with Crippen LogP contribution in [0.4, 0.5) is 5.95 Å². The Morgan fingerprint density at radius 3 is 2.69 bits per heavy atom. The maximum atomic E-state index is 5.63. The Labute approximate surface area is 76.0 Å². The zero-order chi connectivity index (χ0) is 9.26. The van der Waals surface area contributed by atoms with Crippen LogP contribution in [0, 0.1) is 6.92 Å².